The summed E-state index contributed by atoms with van der Waals surface area (Å²) in [7, 11) is 3.95. The van der Waals surface area contributed by atoms with Crippen LogP contribution in [0.5, 0.6) is 0 Å². The molecule has 0 aliphatic rings. The van der Waals surface area contributed by atoms with Crippen LogP contribution >= 0.6 is 0 Å². The molecular formula is C17H14N4. The minimum Gasteiger partial charge on any atom is -0.378 e. The van der Waals surface area contributed by atoms with Crippen LogP contribution in [0.3, 0.4) is 0 Å². The van der Waals surface area contributed by atoms with E-state index in [9.17, 15) is 0 Å². The van der Waals surface area contributed by atoms with Gasteiger partial charge in [0.05, 0.1) is 5.57 Å². The summed E-state index contributed by atoms with van der Waals surface area (Å²) in [6.45, 7) is 0. The normalized spacial score (nSPS) is 9.86. The first kappa shape index (κ1) is 15.8. The van der Waals surface area contributed by atoms with Gasteiger partial charge >= 0.3 is 0 Å². The monoisotopic (exact) mass is 274 g/mol. The second kappa shape index (κ2) is 8.00. The summed E-state index contributed by atoms with van der Waals surface area (Å²) in [5.74, 6) is 0. The van der Waals surface area contributed by atoms with Crippen molar-refractivity contribution in [2.75, 3.05) is 19.0 Å². The zero-order chi connectivity index (χ0) is 15.7. The maximum Gasteiger partial charge on any atom is 0.147 e. The van der Waals surface area contributed by atoms with Crippen LogP contribution < -0.4 is 4.90 Å². The average molecular weight is 274 g/mol. The molecule has 0 N–H and O–H groups in total. The summed E-state index contributed by atoms with van der Waals surface area (Å²) in [4.78, 5) is 2.02. The zero-order valence-electron chi connectivity index (χ0n) is 11.9. The number of anilines is 1. The van der Waals surface area contributed by atoms with Crippen molar-refractivity contribution in [1.82, 2.24) is 0 Å². The molecule has 0 aromatic heterocycles. The first-order valence-electron chi connectivity index (χ1n) is 6.19. The first-order valence-corrected chi connectivity index (χ1v) is 6.19. The molecule has 0 bridgehead atoms. The molecule has 0 fully saturated rings. The Morgan fingerprint density at radius 1 is 0.952 bits per heavy atom. The predicted molar refractivity (Wildman–Crippen MR) is 82.8 cm³/mol. The maximum atomic E-state index is 8.87. The third kappa shape index (κ3) is 4.71. The highest BCUT2D eigenvalue weighted by Gasteiger charge is 2.00. The average Bonchev–Trinajstić information content (AvgIpc) is 2.51. The smallest absolute Gasteiger partial charge is 0.147 e. The summed E-state index contributed by atoms with van der Waals surface area (Å²) in [5.41, 5.74) is 2.02. The molecule has 21 heavy (non-hydrogen) atoms. The van der Waals surface area contributed by atoms with Crippen LogP contribution in [0.15, 0.2) is 53.6 Å². The molecule has 4 nitrogen and oxygen atoms in total. The van der Waals surface area contributed by atoms with E-state index in [2.05, 4.69) is 0 Å². The lowest BCUT2D eigenvalue weighted by Gasteiger charge is -2.11. The third-order valence-corrected chi connectivity index (χ3v) is 2.69. The summed E-state index contributed by atoms with van der Waals surface area (Å²) in [5, 5.41) is 26.3. The van der Waals surface area contributed by atoms with Gasteiger partial charge in [0.1, 0.15) is 23.8 Å². The van der Waals surface area contributed by atoms with E-state index in [0.717, 1.165) is 11.3 Å². The Labute approximate surface area is 124 Å². The Hall–Kier alpha value is -3.29. The first-order chi connectivity index (χ1) is 10.1. The van der Waals surface area contributed by atoms with Crippen LogP contribution in [0.4, 0.5) is 5.69 Å². The highest BCUT2D eigenvalue weighted by atomic mass is 15.1. The Balaban J connectivity index is 2.82. The largest absolute Gasteiger partial charge is 0.378 e. The van der Waals surface area contributed by atoms with Gasteiger partial charge in [0.2, 0.25) is 0 Å². The Morgan fingerprint density at radius 2 is 1.57 bits per heavy atom. The van der Waals surface area contributed by atoms with Crippen molar-refractivity contribution in [3.8, 4) is 18.2 Å². The van der Waals surface area contributed by atoms with E-state index < -0.39 is 0 Å². The number of benzene rings is 1. The highest BCUT2D eigenvalue weighted by Crippen LogP contribution is 2.13. The quantitative estimate of drug-likeness (QED) is 0.624. The van der Waals surface area contributed by atoms with Crippen molar-refractivity contribution in [3.05, 3.63) is 59.2 Å². The van der Waals surface area contributed by atoms with Gasteiger partial charge in [-0.05, 0) is 23.8 Å². The molecule has 0 unspecified atom stereocenters. The lowest BCUT2D eigenvalue weighted by atomic mass is 10.1. The van der Waals surface area contributed by atoms with Gasteiger partial charge in [0, 0.05) is 19.8 Å². The van der Waals surface area contributed by atoms with Gasteiger partial charge in [-0.25, -0.2) is 0 Å². The van der Waals surface area contributed by atoms with Crippen LogP contribution in [-0.4, -0.2) is 14.1 Å². The fraction of sp³-hybridized carbons (Fsp3) is 0.118. The minimum absolute atomic E-state index is 0.0626. The van der Waals surface area contributed by atoms with E-state index in [0.29, 0.717) is 0 Å². The second-order valence-corrected chi connectivity index (χ2v) is 4.33. The van der Waals surface area contributed by atoms with Gasteiger partial charge in [0.15, 0.2) is 0 Å². The number of nitrogens with zero attached hydrogens (tertiary/aromatic N) is 4. The molecule has 0 heterocycles. The van der Waals surface area contributed by atoms with E-state index >= 15 is 0 Å². The number of nitriles is 3. The molecule has 1 aromatic carbocycles. The Bertz CT molecular complexity index is 683. The predicted octanol–water partition coefficient (Wildman–Crippen LogP) is 3.19. The van der Waals surface area contributed by atoms with Crippen LogP contribution in [-0.2, 0) is 0 Å². The molecule has 0 saturated carbocycles. The molecule has 0 atom stereocenters. The molecule has 0 saturated heterocycles. The van der Waals surface area contributed by atoms with Gasteiger partial charge in [-0.15, -0.1) is 0 Å². The Kier molecular flexibility index (Phi) is 6.00. The number of rotatable bonds is 4. The van der Waals surface area contributed by atoms with Crippen LogP contribution in [0, 0.1) is 34.0 Å². The van der Waals surface area contributed by atoms with E-state index in [1.807, 2.05) is 55.4 Å². The number of allylic oxidation sites excluding steroid dienone is 5. The molecule has 0 aliphatic carbocycles. The fourth-order valence-electron chi connectivity index (χ4n) is 1.52. The fourth-order valence-corrected chi connectivity index (χ4v) is 1.52. The van der Waals surface area contributed by atoms with Crippen molar-refractivity contribution < 1.29 is 0 Å². The summed E-state index contributed by atoms with van der Waals surface area (Å²) in [6.07, 6.45) is 6.72. The van der Waals surface area contributed by atoms with Crippen LogP contribution in [0.25, 0.3) is 6.08 Å². The summed E-state index contributed by atoms with van der Waals surface area (Å²) in [6, 6.07) is 13.2. The number of hydrogen-bond donors (Lipinski definition) is 0. The van der Waals surface area contributed by atoms with E-state index in [4.69, 9.17) is 15.8 Å². The van der Waals surface area contributed by atoms with Gasteiger partial charge in [-0.2, -0.15) is 15.8 Å². The highest BCUT2D eigenvalue weighted by molar-refractivity contribution is 5.57. The van der Waals surface area contributed by atoms with Crippen LogP contribution in [0.2, 0.25) is 0 Å². The van der Waals surface area contributed by atoms with E-state index in [1.54, 1.807) is 24.3 Å². The molecule has 0 spiro atoms. The third-order valence-electron chi connectivity index (χ3n) is 2.69. The molecule has 0 amide bonds. The van der Waals surface area contributed by atoms with Gasteiger partial charge < -0.3 is 4.90 Å². The number of hydrogen-bond acceptors (Lipinski definition) is 4. The SMILES string of the molecule is CN(C)c1ccc(C=CC=CC(C#N)=C(C#N)C#N)cc1. The lowest BCUT2D eigenvalue weighted by Crippen LogP contribution is -2.07. The van der Waals surface area contributed by atoms with Crippen LogP contribution in [0.1, 0.15) is 5.56 Å². The standard InChI is InChI=1S/C17H14N4/c1-21(2)17-9-7-14(8-10-17)5-3-4-6-15(11-18)16(12-19)13-20/h3-10H,1-2H3. The molecule has 1 rings (SSSR count). The molecule has 0 aliphatic heterocycles. The maximum absolute atomic E-state index is 8.87. The molecule has 102 valence electrons. The van der Waals surface area contributed by atoms with E-state index in [1.165, 1.54) is 6.08 Å². The minimum atomic E-state index is -0.183. The van der Waals surface area contributed by atoms with Crippen molar-refractivity contribution >= 4 is 11.8 Å². The topological polar surface area (TPSA) is 74.6 Å². The van der Waals surface area contributed by atoms with Crippen molar-refractivity contribution in [2.45, 2.75) is 0 Å². The van der Waals surface area contributed by atoms with E-state index in [-0.39, 0.29) is 11.1 Å². The summed E-state index contributed by atoms with van der Waals surface area (Å²) < 4.78 is 0. The Morgan fingerprint density at radius 3 is 2.05 bits per heavy atom. The molecular weight excluding hydrogens is 260 g/mol. The van der Waals surface area contributed by atoms with Crippen molar-refractivity contribution in [2.24, 2.45) is 0 Å². The van der Waals surface area contributed by atoms with Gasteiger partial charge in [0.25, 0.3) is 0 Å². The van der Waals surface area contributed by atoms with Crippen molar-refractivity contribution in [1.29, 1.82) is 15.8 Å². The second-order valence-electron chi connectivity index (χ2n) is 4.33. The summed E-state index contributed by atoms with van der Waals surface area (Å²) >= 11 is 0. The van der Waals surface area contributed by atoms with Crippen molar-refractivity contribution in [3.63, 3.8) is 0 Å². The zero-order valence-corrected chi connectivity index (χ0v) is 11.9. The molecule has 1 aromatic rings. The van der Waals surface area contributed by atoms with Gasteiger partial charge in [-0.3, -0.25) is 0 Å². The molecule has 0 radical (unpaired) electrons. The van der Waals surface area contributed by atoms with Gasteiger partial charge in [-0.1, -0.05) is 30.4 Å². The lowest BCUT2D eigenvalue weighted by molar-refractivity contribution is 1.13. The molecule has 4 heteroatoms.